The molecule has 0 radical (unpaired) electrons. The van der Waals surface area contributed by atoms with Gasteiger partial charge in [-0.05, 0) is 6.92 Å². The zero-order valence-corrected chi connectivity index (χ0v) is 12.1. The third-order valence-electron chi connectivity index (χ3n) is 2.79. The van der Waals surface area contributed by atoms with Crippen LogP contribution in [0, 0.1) is 0 Å². The van der Waals surface area contributed by atoms with Crippen LogP contribution in [0.1, 0.15) is 30.1 Å². The lowest BCUT2D eigenvalue weighted by Gasteiger charge is -2.23. The standard InChI is InChI=1S/C14H15F5OS/c1-10(15)14(18,19)9-13(16,17)7-8-21-12(20)11-5-3-2-4-6-11/h2-6,10H,7-9H2,1H3. The van der Waals surface area contributed by atoms with Crippen LogP contribution in [0.3, 0.4) is 0 Å². The molecule has 0 aliphatic carbocycles. The van der Waals surface area contributed by atoms with Crippen molar-refractivity contribution in [3.63, 3.8) is 0 Å². The topological polar surface area (TPSA) is 17.1 Å². The van der Waals surface area contributed by atoms with E-state index < -0.39 is 36.0 Å². The summed E-state index contributed by atoms with van der Waals surface area (Å²) in [5, 5.41) is -0.406. The smallest absolute Gasteiger partial charge is 0.282 e. The first-order valence-corrected chi connectivity index (χ1v) is 7.24. The number of alkyl halides is 5. The quantitative estimate of drug-likeness (QED) is 0.658. The Kier molecular flexibility index (Phi) is 6.19. The highest BCUT2D eigenvalue weighted by atomic mass is 32.2. The van der Waals surface area contributed by atoms with Crippen LogP contribution in [0.15, 0.2) is 30.3 Å². The van der Waals surface area contributed by atoms with Crippen LogP contribution in [0.4, 0.5) is 22.0 Å². The van der Waals surface area contributed by atoms with Crippen LogP contribution in [-0.2, 0) is 0 Å². The van der Waals surface area contributed by atoms with Gasteiger partial charge in [0.2, 0.25) is 5.12 Å². The summed E-state index contributed by atoms with van der Waals surface area (Å²) >= 11 is 0.633. The van der Waals surface area contributed by atoms with Gasteiger partial charge in [0.15, 0.2) is 6.17 Å². The fraction of sp³-hybridized carbons (Fsp3) is 0.500. The molecule has 1 rings (SSSR count). The molecule has 0 heterocycles. The minimum Gasteiger partial charge on any atom is -0.282 e. The van der Waals surface area contributed by atoms with Crippen LogP contribution >= 0.6 is 11.8 Å². The maximum Gasteiger partial charge on any atom is 0.284 e. The molecule has 21 heavy (non-hydrogen) atoms. The number of hydrogen-bond donors (Lipinski definition) is 0. The molecule has 7 heteroatoms. The number of carbonyl (C=O) groups is 1. The van der Waals surface area contributed by atoms with Crippen molar-refractivity contribution in [1.82, 2.24) is 0 Å². The van der Waals surface area contributed by atoms with E-state index in [2.05, 4.69) is 0 Å². The van der Waals surface area contributed by atoms with Gasteiger partial charge in [0.05, 0.1) is 6.42 Å². The van der Waals surface area contributed by atoms with Gasteiger partial charge in [-0.3, -0.25) is 4.79 Å². The zero-order valence-electron chi connectivity index (χ0n) is 11.3. The SMILES string of the molecule is CC(F)C(F)(F)CC(F)(F)CCSC(=O)c1ccccc1. The van der Waals surface area contributed by atoms with Crippen LogP contribution in [0.2, 0.25) is 0 Å². The van der Waals surface area contributed by atoms with Crippen LogP contribution in [0.5, 0.6) is 0 Å². The average Bonchev–Trinajstić information content (AvgIpc) is 2.38. The highest BCUT2D eigenvalue weighted by Crippen LogP contribution is 2.37. The van der Waals surface area contributed by atoms with Crippen molar-refractivity contribution in [2.75, 3.05) is 5.75 Å². The van der Waals surface area contributed by atoms with Crippen LogP contribution in [0.25, 0.3) is 0 Å². The summed E-state index contributed by atoms with van der Waals surface area (Å²) in [6.07, 6.45) is -5.39. The molecule has 0 amide bonds. The van der Waals surface area contributed by atoms with Gasteiger partial charge in [-0.25, -0.2) is 22.0 Å². The Bertz CT molecular complexity index is 462. The van der Waals surface area contributed by atoms with E-state index in [1.807, 2.05) is 0 Å². The summed E-state index contributed by atoms with van der Waals surface area (Å²) in [5.41, 5.74) is 0.355. The van der Waals surface area contributed by atoms with E-state index in [1.54, 1.807) is 18.2 Å². The summed E-state index contributed by atoms with van der Waals surface area (Å²) in [6, 6.07) is 8.03. The minimum atomic E-state index is -4.07. The Morgan fingerprint density at radius 1 is 1.19 bits per heavy atom. The molecular weight excluding hydrogens is 311 g/mol. The second kappa shape index (κ2) is 7.24. The Balaban J connectivity index is 2.46. The second-order valence-corrected chi connectivity index (χ2v) is 5.73. The van der Waals surface area contributed by atoms with Crippen molar-refractivity contribution in [1.29, 1.82) is 0 Å². The Morgan fingerprint density at radius 3 is 2.29 bits per heavy atom. The van der Waals surface area contributed by atoms with Crippen molar-refractivity contribution in [3.8, 4) is 0 Å². The second-order valence-electron chi connectivity index (χ2n) is 4.66. The van der Waals surface area contributed by atoms with Gasteiger partial charge in [0, 0.05) is 17.7 Å². The van der Waals surface area contributed by atoms with Crippen molar-refractivity contribution in [2.24, 2.45) is 0 Å². The van der Waals surface area contributed by atoms with E-state index in [9.17, 15) is 26.7 Å². The van der Waals surface area contributed by atoms with Gasteiger partial charge in [0.1, 0.15) is 0 Å². The molecule has 0 aliphatic rings. The third-order valence-corrected chi connectivity index (χ3v) is 3.69. The van der Waals surface area contributed by atoms with E-state index in [0.717, 1.165) is 0 Å². The lowest BCUT2D eigenvalue weighted by Crippen LogP contribution is -2.36. The molecule has 1 unspecified atom stereocenters. The molecule has 1 nitrogen and oxygen atoms in total. The fourth-order valence-corrected chi connectivity index (χ4v) is 2.41. The highest BCUT2D eigenvalue weighted by Gasteiger charge is 2.46. The summed E-state index contributed by atoms with van der Waals surface area (Å²) in [6.45, 7) is 0.545. The molecule has 0 N–H and O–H groups in total. The molecular formula is C14H15F5OS. The number of carbonyl (C=O) groups excluding carboxylic acids is 1. The fourth-order valence-electron chi connectivity index (χ4n) is 1.52. The van der Waals surface area contributed by atoms with E-state index in [1.165, 1.54) is 12.1 Å². The highest BCUT2D eigenvalue weighted by molar-refractivity contribution is 8.14. The third kappa shape index (κ3) is 6.03. The number of hydrogen-bond acceptors (Lipinski definition) is 2. The molecule has 1 aromatic rings. The monoisotopic (exact) mass is 326 g/mol. The maximum absolute atomic E-state index is 13.4. The minimum absolute atomic E-state index is 0.308. The first-order valence-electron chi connectivity index (χ1n) is 6.26. The van der Waals surface area contributed by atoms with Gasteiger partial charge >= 0.3 is 0 Å². The summed E-state index contributed by atoms with van der Waals surface area (Å²) in [7, 11) is 0. The van der Waals surface area contributed by atoms with Crippen LogP contribution in [-0.4, -0.2) is 28.9 Å². The molecule has 118 valence electrons. The number of thioether (sulfide) groups is 1. The normalized spacial score (nSPS) is 14.0. The van der Waals surface area contributed by atoms with Gasteiger partial charge in [0.25, 0.3) is 11.8 Å². The molecule has 0 aliphatic heterocycles. The predicted molar refractivity (Wildman–Crippen MR) is 72.9 cm³/mol. The number of rotatable bonds is 7. The van der Waals surface area contributed by atoms with Crippen molar-refractivity contribution in [2.45, 2.75) is 37.8 Å². The van der Waals surface area contributed by atoms with Gasteiger partial charge in [-0.15, -0.1) is 0 Å². The first-order chi connectivity index (χ1) is 9.64. The van der Waals surface area contributed by atoms with Crippen LogP contribution < -0.4 is 0 Å². The predicted octanol–water partition coefficient (Wildman–Crippen LogP) is 4.97. The Hall–Kier alpha value is -1.11. The molecule has 0 aromatic heterocycles. The van der Waals surface area contributed by atoms with E-state index in [-0.39, 0.29) is 5.75 Å². The lowest BCUT2D eigenvalue weighted by molar-refractivity contribution is -0.142. The van der Waals surface area contributed by atoms with Gasteiger partial charge < -0.3 is 0 Å². The Morgan fingerprint density at radius 2 is 1.76 bits per heavy atom. The summed E-state index contributed by atoms with van der Waals surface area (Å²) in [4.78, 5) is 11.6. The Labute approximate surface area is 123 Å². The molecule has 1 aromatic carbocycles. The van der Waals surface area contributed by atoms with E-state index >= 15 is 0 Å². The van der Waals surface area contributed by atoms with Crippen molar-refractivity contribution >= 4 is 16.9 Å². The maximum atomic E-state index is 13.4. The number of benzene rings is 1. The number of halogens is 5. The largest absolute Gasteiger partial charge is 0.284 e. The molecule has 0 fully saturated rings. The van der Waals surface area contributed by atoms with Crippen molar-refractivity contribution < 1.29 is 26.7 Å². The molecule has 0 saturated heterocycles. The average molecular weight is 326 g/mol. The molecule has 0 spiro atoms. The summed E-state index contributed by atoms with van der Waals surface area (Å²) in [5.74, 6) is -8.09. The van der Waals surface area contributed by atoms with E-state index in [0.29, 0.717) is 24.2 Å². The molecule has 0 saturated carbocycles. The van der Waals surface area contributed by atoms with Gasteiger partial charge in [-0.2, -0.15) is 0 Å². The lowest BCUT2D eigenvalue weighted by atomic mass is 10.0. The first kappa shape index (κ1) is 17.9. The van der Waals surface area contributed by atoms with Crippen molar-refractivity contribution in [3.05, 3.63) is 35.9 Å². The van der Waals surface area contributed by atoms with Gasteiger partial charge in [-0.1, -0.05) is 42.1 Å². The zero-order chi connectivity index (χ0) is 16.1. The van der Waals surface area contributed by atoms with E-state index in [4.69, 9.17) is 0 Å². The molecule has 0 bridgehead atoms. The summed E-state index contributed by atoms with van der Waals surface area (Å²) < 4.78 is 65.2. The molecule has 1 atom stereocenters.